The maximum Gasteiger partial charge on any atom is 0.127 e. The average molecular weight is 595 g/mol. The first-order chi connectivity index (χ1) is 16.0. The number of allylic oxidation sites excluding steroid dienone is 2. The lowest BCUT2D eigenvalue weighted by atomic mass is 9.46. The fourth-order valence-electron chi connectivity index (χ4n) is 7.76. The molecule has 0 radical (unpaired) electrons. The highest BCUT2D eigenvalue weighted by Gasteiger charge is 2.60. The first-order valence-corrected chi connectivity index (χ1v) is 18.0. The fraction of sp³-hybridized carbons (Fsp3) is 0.933. The molecule has 0 aromatic carbocycles. The lowest BCUT2D eigenvalue weighted by Crippen LogP contribution is -2.52. The average Bonchev–Trinajstić information content (AvgIpc) is 3.21. The maximum atomic E-state index is 6.26. The van der Waals surface area contributed by atoms with Crippen LogP contribution in [0.15, 0.2) is 11.8 Å². The Morgan fingerprint density at radius 3 is 2.03 bits per heavy atom. The predicted molar refractivity (Wildman–Crippen MR) is 162 cm³/mol. The fourth-order valence-corrected chi connectivity index (χ4v) is 8.62. The molecule has 0 bridgehead atoms. The van der Waals surface area contributed by atoms with Gasteiger partial charge < -0.3 is 4.18 Å². The van der Waals surface area contributed by atoms with E-state index in [-0.39, 0.29) is 0 Å². The quantitative estimate of drug-likeness (QED) is 0.236. The highest BCUT2D eigenvalue weighted by Crippen LogP contribution is 2.68. The number of fused-ring (bicyclic) bond motifs is 5. The second kappa shape index (κ2) is 17.1. The second-order valence-electron chi connectivity index (χ2n) is 9.92. The normalized spacial score (nSPS) is 37.8. The summed E-state index contributed by atoms with van der Waals surface area (Å²) in [6, 6.07) is 0. The molecular formula is C30H59IOS. The largest absolute Gasteiger partial charge is 0.419 e. The number of halogens is 1. The van der Waals surface area contributed by atoms with Crippen LogP contribution in [0.1, 0.15) is 140 Å². The van der Waals surface area contributed by atoms with Crippen LogP contribution < -0.4 is 0 Å². The minimum absolute atomic E-state index is 0.538. The van der Waals surface area contributed by atoms with E-state index in [4.69, 9.17) is 4.18 Å². The Morgan fingerprint density at radius 1 is 0.848 bits per heavy atom. The van der Waals surface area contributed by atoms with Gasteiger partial charge in [-0.05, 0) is 79.1 Å². The van der Waals surface area contributed by atoms with Gasteiger partial charge in [-0.25, -0.2) is 0 Å². The molecule has 7 unspecified atom stereocenters. The number of hydrogen-bond donors (Lipinski definition) is 0. The molecule has 4 aliphatic carbocycles. The lowest BCUT2D eigenvalue weighted by Gasteiger charge is -2.59. The van der Waals surface area contributed by atoms with E-state index in [2.05, 4.69) is 48.1 Å². The van der Waals surface area contributed by atoms with Crippen molar-refractivity contribution in [2.75, 3.05) is 0 Å². The van der Waals surface area contributed by atoms with Crippen molar-refractivity contribution < 1.29 is 4.18 Å². The third-order valence-corrected chi connectivity index (χ3v) is 9.90. The van der Waals surface area contributed by atoms with E-state index in [1.54, 1.807) is 9.21 Å². The first-order valence-electron chi connectivity index (χ1n) is 14.7. The minimum Gasteiger partial charge on any atom is -0.419 e. The van der Waals surface area contributed by atoms with E-state index < -0.39 is 0 Å². The van der Waals surface area contributed by atoms with Crippen molar-refractivity contribution in [2.24, 2.45) is 40.4 Å². The van der Waals surface area contributed by atoms with Crippen molar-refractivity contribution >= 4 is 30.4 Å². The number of rotatable bonds is 4. The van der Waals surface area contributed by atoms with E-state index in [1.165, 1.54) is 70.0 Å². The Morgan fingerprint density at radius 2 is 1.45 bits per heavy atom. The zero-order valence-corrected chi connectivity index (χ0v) is 27.2. The molecular weight excluding hydrogens is 535 g/mol. The van der Waals surface area contributed by atoms with Crippen LogP contribution in [0, 0.1) is 40.4 Å². The number of hydrogen-bond acceptors (Lipinski definition) is 2. The highest BCUT2D eigenvalue weighted by atomic mass is 127. The molecule has 0 N–H and O–H groups in total. The Balaban J connectivity index is 0.00000116. The van der Waals surface area contributed by atoms with Gasteiger partial charge in [0, 0.05) is 27.1 Å². The van der Waals surface area contributed by atoms with Crippen LogP contribution in [0.2, 0.25) is 0 Å². The van der Waals surface area contributed by atoms with Gasteiger partial charge in [-0.2, -0.15) is 0 Å². The molecule has 3 fully saturated rings. The summed E-state index contributed by atoms with van der Waals surface area (Å²) < 4.78 is 6.26. The predicted octanol–water partition coefficient (Wildman–Crippen LogP) is 12.1. The van der Waals surface area contributed by atoms with Crippen LogP contribution in [0.25, 0.3) is 0 Å². The van der Waals surface area contributed by atoms with Crippen LogP contribution in [0.5, 0.6) is 0 Å². The summed E-state index contributed by atoms with van der Waals surface area (Å²) in [6.45, 7) is 23.7. The standard InChI is InChI=1S/C22H35IOS.4C2H6/c1-4-7-15-9-10-17-20-18(11-13-22(15,17)3)21(2)12-6-5-8-16(21)14-19(20)24-25-23;4*1-2/h14-18,20H,4-13H2,1-3H3;4*1-2H3. The van der Waals surface area contributed by atoms with Crippen molar-refractivity contribution in [1.29, 1.82) is 0 Å². The van der Waals surface area contributed by atoms with Gasteiger partial charge in [0.15, 0.2) is 0 Å². The van der Waals surface area contributed by atoms with Gasteiger partial charge in [0.05, 0.1) is 0 Å². The van der Waals surface area contributed by atoms with E-state index >= 15 is 0 Å². The van der Waals surface area contributed by atoms with Crippen molar-refractivity contribution in [1.82, 2.24) is 0 Å². The van der Waals surface area contributed by atoms with Crippen LogP contribution >= 0.6 is 30.4 Å². The molecule has 7 atom stereocenters. The summed E-state index contributed by atoms with van der Waals surface area (Å²) in [7, 11) is 1.55. The molecule has 4 rings (SSSR count). The van der Waals surface area contributed by atoms with E-state index in [1.807, 2.05) is 55.4 Å². The van der Waals surface area contributed by atoms with Gasteiger partial charge in [0.25, 0.3) is 0 Å². The molecule has 0 heterocycles. The molecule has 33 heavy (non-hydrogen) atoms. The maximum absolute atomic E-state index is 6.26. The Labute approximate surface area is 226 Å². The Bertz CT molecular complexity index is 535. The van der Waals surface area contributed by atoms with Crippen LogP contribution in [-0.2, 0) is 4.18 Å². The first kappa shape index (κ1) is 33.6. The lowest BCUT2D eigenvalue weighted by molar-refractivity contribution is -0.0756. The van der Waals surface area contributed by atoms with E-state index in [0.29, 0.717) is 16.7 Å². The van der Waals surface area contributed by atoms with Gasteiger partial charge in [-0.1, -0.05) is 102 Å². The molecule has 0 aliphatic heterocycles. The van der Waals surface area contributed by atoms with E-state index in [0.717, 1.165) is 23.7 Å². The Kier molecular flexibility index (Phi) is 17.5. The van der Waals surface area contributed by atoms with Gasteiger partial charge in [0.1, 0.15) is 15.0 Å². The topological polar surface area (TPSA) is 9.23 Å². The van der Waals surface area contributed by atoms with Gasteiger partial charge in [0.2, 0.25) is 0 Å². The molecule has 0 amide bonds. The SMILES string of the molecule is CC.CC.CC.CC.CCCC1CCC2C3C(OSI)=CC4CCCCC4(C)C3CCC12C. The molecule has 1 nitrogen and oxygen atoms in total. The summed E-state index contributed by atoms with van der Waals surface area (Å²) in [6.07, 6.45) is 16.9. The zero-order valence-electron chi connectivity index (χ0n) is 24.2. The third-order valence-electron chi connectivity index (χ3n) is 9.10. The molecule has 0 aromatic rings. The van der Waals surface area contributed by atoms with E-state index in [9.17, 15) is 0 Å². The molecule has 0 saturated heterocycles. The molecule has 4 aliphatic rings. The third kappa shape index (κ3) is 7.10. The van der Waals surface area contributed by atoms with Gasteiger partial charge in [-0.15, -0.1) is 0 Å². The Hall–Kier alpha value is 0.620. The highest BCUT2D eigenvalue weighted by molar-refractivity contribution is 14.2. The van der Waals surface area contributed by atoms with Crippen molar-refractivity contribution in [3.8, 4) is 0 Å². The van der Waals surface area contributed by atoms with Gasteiger partial charge >= 0.3 is 0 Å². The molecule has 3 saturated carbocycles. The minimum atomic E-state index is 0.538. The molecule has 198 valence electrons. The van der Waals surface area contributed by atoms with Crippen molar-refractivity contribution in [2.45, 2.75) is 140 Å². The summed E-state index contributed by atoms with van der Waals surface area (Å²) in [5, 5.41) is 0. The summed E-state index contributed by atoms with van der Waals surface area (Å²) >= 11 is 2.32. The molecule has 3 heteroatoms. The summed E-state index contributed by atoms with van der Waals surface area (Å²) in [4.78, 5) is 0. The smallest absolute Gasteiger partial charge is 0.127 e. The monoisotopic (exact) mass is 594 g/mol. The van der Waals surface area contributed by atoms with Crippen LogP contribution in [-0.4, -0.2) is 0 Å². The van der Waals surface area contributed by atoms with Gasteiger partial charge in [-0.3, -0.25) is 0 Å². The zero-order chi connectivity index (χ0) is 25.7. The molecule has 0 aromatic heterocycles. The summed E-state index contributed by atoms with van der Waals surface area (Å²) in [5.41, 5.74) is 1.10. The summed E-state index contributed by atoms with van der Waals surface area (Å²) in [5.74, 6) is 5.51. The second-order valence-corrected chi connectivity index (χ2v) is 11.3. The van der Waals surface area contributed by atoms with Crippen molar-refractivity contribution in [3.63, 3.8) is 0 Å². The van der Waals surface area contributed by atoms with Crippen LogP contribution in [0.3, 0.4) is 0 Å². The van der Waals surface area contributed by atoms with Crippen LogP contribution in [0.4, 0.5) is 0 Å². The van der Waals surface area contributed by atoms with Crippen molar-refractivity contribution in [3.05, 3.63) is 11.8 Å². The molecule has 0 spiro atoms.